The van der Waals surface area contributed by atoms with E-state index in [9.17, 15) is 0 Å². The molecule has 1 aliphatic carbocycles. The fourth-order valence-electron chi connectivity index (χ4n) is 3.40. The van der Waals surface area contributed by atoms with Gasteiger partial charge in [0.05, 0.1) is 6.10 Å². The first kappa shape index (κ1) is 12.2. The maximum atomic E-state index is 6.42. The summed E-state index contributed by atoms with van der Waals surface area (Å²) in [5.74, 6) is 0. The van der Waals surface area contributed by atoms with Crippen LogP contribution < -0.4 is 5.73 Å². The molecule has 3 heteroatoms. The van der Waals surface area contributed by atoms with Crippen LogP contribution in [0.2, 0.25) is 0 Å². The predicted molar refractivity (Wildman–Crippen MR) is 72.5 cm³/mol. The van der Waals surface area contributed by atoms with Gasteiger partial charge in [0.25, 0.3) is 0 Å². The molecule has 1 saturated heterocycles. The summed E-state index contributed by atoms with van der Waals surface area (Å²) in [6.07, 6.45) is 3.82. The van der Waals surface area contributed by atoms with Crippen molar-refractivity contribution in [1.82, 2.24) is 4.90 Å². The van der Waals surface area contributed by atoms with E-state index in [2.05, 4.69) is 29.2 Å². The van der Waals surface area contributed by atoms with Gasteiger partial charge in [-0.25, -0.2) is 0 Å². The van der Waals surface area contributed by atoms with E-state index in [1.54, 1.807) is 0 Å². The van der Waals surface area contributed by atoms with Crippen molar-refractivity contribution < 1.29 is 4.74 Å². The zero-order valence-electron chi connectivity index (χ0n) is 11.0. The minimum atomic E-state index is 0.181. The molecule has 1 aromatic rings. The summed E-state index contributed by atoms with van der Waals surface area (Å²) in [4.78, 5) is 2.56. The third-order valence-electron chi connectivity index (χ3n) is 4.54. The van der Waals surface area contributed by atoms with Crippen LogP contribution in [0.15, 0.2) is 24.3 Å². The number of hydrogen-bond donors (Lipinski definition) is 1. The second-order valence-electron chi connectivity index (χ2n) is 5.47. The van der Waals surface area contributed by atoms with Crippen molar-refractivity contribution in [2.75, 3.05) is 20.2 Å². The molecular weight excluding hydrogens is 224 g/mol. The summed E-state index contributed by atoms with van der Waals surface area (Å²) in [6.45, 7) is 2.23. The summed E-state index contributed by atoms with van der Waals surface area (Å²) < 4.78 is 5.43. The van der Waals surface area contributed by atoms with Crippen molar-refractivity contribution in [3.8, 4) is 0 Å². The Kier molecular flexibility index (Phi) is 3.37. The average Bonchev–Trinajstić information content (AvgIpc) is 2.77. The van der Waals surface area contributed by atoms with E-state index in [-0.39, 0.29) is 6.04 Å². The van der Waals surface area contributed by atoms with Crippen molar-refractivity contribution >= 4 is 0 Å². The van der Waals surface area contributed by atoms with Gasteiger partial charge in [-0.05, 0) is 30.4 Å². The smallest absolute Gasteiger partial charge is 0.0595 e. The Labute approximate surface area is 109 Å². The highest BCUT2D eigenvalue weighted by Crippen LogP contribution is 2.34. The molecule has 1 aliphatic heterocycles. The van der Waals surface area contributed by atoms with Gasteiger partial charge >= 0.3 is 0 Å². The van der Waals surface area contributed by atoms with E-state index >= 15 is 0 Å². The summed E-state index contributed by atoms with van der Waals surface area (Å²) in [6, 6.07) is 9.28. The van der Waals surface area contributed by atoms with Crippen LogP contribution in [0.3, 0.4) is 0 Å². The first-order chi connectivity index (χ1) is 8.79. The third-order valence-corrected chi connectivity index (χ3v) is 4.54. The monoisotopic (exact) mass is 246 g/mol. The van der Waals surface area contributed by atoms with Gasteiger partial charge in [-0.15, -0.1) is 0 Å². The van der Waals surface area contributed by atoms with Crippen molar-refractivity contribution in [1.29, 1.82) is 0 Å². The fourth-order valence-corrected chi connectivity index (χ4v) is 3.40. The molecule has 0 aromatic heterocycles. The Bertz CT molecular complexity index is 413. The zero-order chi connectivity index (χ0) is 12.5. The number of nitrogens with two attached hydrogens (primary N) is 1. The quantitative estimate of drug-likeness (QED) is 0.863. The summed E-state index contributed by atoms with van der Waals surface area (Å²) in [7, 11) is 1.82. The van der Waals surface area contributed by atoms with Crippen LogP contribution in [-0.4, -0.2) is 37.2 Å². The Morgan fingerprint density at radius 2 is 1.94 bits per heavy atom. The van der Waals surface area contributed by atoms with Gasteiger partial charge in [-0.3, -0.25) is 4.90 Å². The highest BCUT2D eigenvalue weighted by molar-refractivity contribution is 5.36. The maximum Gasteiger partial charge on any atom is 0.0595 e. The molecule has 3 rings (SSSR count). The molecule has 98 valence electrons. The zero-order valence-corrected chi connectivity index (χ0v) is 11.0. The summed E-state index contributed by atoms with van der Waals surface area (Å²) in [5, 5.41) is 0. The fraction of sp³-hybridized carbons (Fsp3) is 0.600. The topological polar surface area (TPSA) is 38.5 Å². The molecule has 2 aliphatic rings. The standard InChI is InChI=1S/C15H22N2O/c1-18-12-6-8-17(9-7-12)14-10-11-4-2-3-5-13(11)15(14)16/h2-5,12,14-15H,6-10,16H2,1H3. The number of piperidine rings is 1. The average molecular weight is 246 g/mol. The molecular formula is C15H22N2O. The van der Waals surface area contributed by atoms with Crippen LogP contribution >= 0.6 is 0 Å². The molecule has 0 spiro atoms. The number of likely N-dealkylation sites (tertiary alicyclic amines) is 1. The van der Waals surface area contributed by atoms with Crippen molar-refractivity contribution in [3.63, 3.8) is 0 Å². The van der Waals surface area contributed by atoms with Gasteiger partial charge in [0.15, 0.2) is 0 Å². The van der Waals surface area contributed by atoms with E-state index < -0.39 is 0 Å². The molecule has 0 bridgehead atoms. The van der Waals surface area contributed by atoms with Crippen LogP contribution in [-0.2, 0) is 11.2 Å². The SMILES string of the molecule is COC1CCN(C2Cc3ccccc3C2N)CC1. The van der Waals surface area contributed by atoms with Crippen molar-refractivity contribution in [3.05, 3.63) is 35.4 Å². The van der Waals surface area contributed by atoms with Gasteiger partial charge in [-0.1, -0.05) is 24.3 Å². The molecule has 2 N–H and O–H groups in total. The highest BCUT2D eigenvalue weighted by atomic mass is 16.5. The number of nitrogens with zero attached hydrogens (tertiary/aromatic N) is 1. The van der Waals surface area contributed by atoms with Crippen LogP contribution in [0.1, 0.15) is 30.0 Å². The second kappa shape index (κ2) is 5.00. The molecule has 2 atom stereocenters. The number of rotatable bonds is 2. The minimum absolute atomic E-state index is 0.181. The van der Waals surface area contributed by atoms with E-state index in [1.807, 2.05) is 7.11 Å². The lowest BCUT2D eigenvalue weighted by Crippen LogP contribution is -2.46. The number of hydrogen-bond acceptors (Lipinski definition) is 3. The lowest BCUT2D eigenvalue weighted by molar-refractivity contribution is 0.0248. The molecule has 2 unspecified atom stereocenters. The van der Waals surface area contributed by atoms with Gasteiger partial charge in [-0.2, -0.15) is 0 Å². The predicted octanol–water partition coefficient (Wildman–Crippen LogP) is 1.72. The first-order valence-electron chi connectivity index (χ1n) is 6.90. The van der Waals surface area contributed by atoms with Gasteiger partial charge < -0.3 is 10.5 Å². The van der Waals surface area contributed by atoms with Crippen LogP contribution in [0.5, 0.6) is 0 Å². The minimum Gasteiger partial charge on any atom is -0.381 e. The largest absolute Gasteiger partial charge is 0.381 e. The number of ether oxygens (including phenoxy) is 1. The van der Waals surface area contributed by atoms with E-state index in [0.717, 1.165) is 32.4 Å². The Balaban J connectivity index is 1.69. The van der Waals surface area contributed by atoms with Gasteiger partial charge in [0, 0.05) is 32.3 Å². The number of fused-ring (bicyclic) bond motifs is 1. The summed E-state index contributed by atoms with van der Waals surface area (Å²) in [5.41, 5.74) is 9.19. The van der Waals surface area contributed by atoms with E-state index in [0.29, 0.717) is 12.1 Å². The second-order valence-corrected chi connectivity index (χ2v) is 5.47. The third kappa shape index (κ3) is 2.07. The molecule has 1 heterocycles. The van der Waals surface area contributed by atoms with Crippen molar-refractivity contribution in [2.45, 2.75) is 37.5 Å². The van der Waals surface area contributed by atoms with Crippen LogP contribution in [0.25, 0.3) is 0 Å². The molecule has 0 amide bonds. The van der Waals surface area contributed by atoms with E-state index in [4.69, 9.17) is 10.5 Å². The Morgan fingerprint density at radius 1 is 1.22 bits per heavy atom. The Morgan fingerprint density at radius 3 is 2.61 bits per heavy atom. The molecule has 18 heavy (non-hydrogen) atoms. The molecule has 0 saturated carbocycles. The van der Waals surface area contributed by atoms with Gasteiger partial charge in [0.1, 0.15) is 0 Å². The number of methoxy groups -OCH3 is 1. The Hall–Kier alpha value is -0.900. The molecule has 3 nitrogen and oxygen atoms in total. The lowest BCUT2D eigenvalue weighted by Gasteiger charge is -2.37. The number of benzene rings is 1. The summed E-state index contributed by atoms with van der Waals surface area (Å²) >= 11 is 0. The van der Waals surface area contributed by atoms with Gasteiger partial charge in [0.2, 0.25) is 0 Å². The first-order valence-corrected chi connectivity index (χ1v) is 6.90. The van der Waals surface area contributed by atoms with Crippen molar-refractivity contribution in [2.24, 2.45) is 5.73 Å². The maximum absolute atomic E-state index is 6.42. The lowest BCUT2D eigenvalue weighted by atomic mass is 10.0. The normalized spacial score (nSPS) is 29.4. The van der Waals surface area contributed by atoms with E-state index in [1.165, 1.54) is 11.1 Å². The molecule has 1 aromatic carbocycles. The molecule has 1 fully saturated rings. The highest BCUT2D eigenvalue weighted by Gasteiger charge is 2.35. The molecule has 0 radical (unpaired) electrons. The van der Waals surface area contributed by atoms with Crippen LogP contribution in [0.4, 0.5) is 0 Å². The van der Waals surface area contributed by atoms with Crippen LogP contribution in [0, 0.1) is 0 Å².